The molecule has 4 nitrogen and oxygen atoms in total. The topological polar surface area (TPSA) is 46.5 Å². The highest BCUT2D eigenvalue weighted by atomic mass is 16.7. The summed E-state index contributed by atoms with van der Waals surface area (Å²) in [7, 11) is 5.70. The SMILES string of the molecule is C=CC(=O)OC(C)(O)C[N+](C)(C)C. The maximum atomic E-state index is 10.8. The molecule has 0 amide bonds. The van der Waals surface area contributed by atoms with Gasteiger partial charge in [-0.25, -0.2) is 4.79 Å². The fraction of sp³-hybridized carbons (Fsp3) is 0.667. The molecule has 0 aromatic heterocycles. The monoisotopic (exact) mass is 188 g/mol. The minimum Gasteiger partial charge on any atom is -0.424 e. The first-order valence-electron chi connectivity index (χ1n) is 4.04. The van der Waals surface area contributed by atoms with Crippen molar-refractivity contribution in [2.24, 2.45) is 0 Å². The number of ether oxygens (including phenoxy) is 1. The Morgan fingerprint density at radius 2 is 2.08 bits per heavy atom. The van der Waals surface area contributed by atoms with E-state index in [1.165, 1.54) is 6.92 Å². The number of carbonyl (C=O) groups is 1. The molecule has 4 heteroatoms. The summed E-state index contributed by atoms with van der Waals surface area (Å²) in [5.41, 5.74) is 0. The van der Waals surface area contributed by atoms with Gasteiger partial charge in [0.1, 0.15) is 6.54 Å². The van der Waals surface area contributed by atoms with Gasteiger partial charge in [0.15, 0.2) is 0 Å². The average Bonchev–Trinajstić information content (AvgIpc) is 1.80. The van der Waals surface area contributed by atoms with Gasteiger partial charge in [-0.15, -0.1) is 0 Å². The quantitative estimate of drug-likeness (QED) is 0.295. The highest BCUT2D eigenvalue weighted by Gasteiger charge is 2.31. The number of hydrogen-bond acceptors (Lipinski definition) is 3. The first-order chi connectivity index (χ1) is 5.66. The van der Waals surface area contributed by atoms with E-state index in [9.17, 15) is 9.90 Å². The van der Waals surface area contributed by atoms with Gasteiger partial charge < -0.3 is 14.3 Å². The second kappa shape index (κ2) is 3.89. The average molecular weight is 188 g/mol. The van der Waals surface area contributed by atoms with Gasteiger partial charge in [0, 0.05) is 13.0 Å². The lowest BCUT2D eigenvalue weighted by atomic mass is 10.3. The maximum Gasteiger partial charge on any atom is 0.332 e. The van der Waals surface area contributed by atoms with Crippen molar-refractivity contribution in [1.29, 1.82) is 0 Å². The van der Waals surface area contributed by atoms with Crippen LogP contribution in [0.5, 0.6) is 0 Å². The molecule has 0 fully saturated rings. The molecule has 1 N–H and O–H groups in total. The van der Waals surface area contributed by atoms with Crippen molar-refractivity contribution in [2.75, 3.05) is 27.7 Å². The molecule has 0 aliphatic carbocycles. The number of carbonyl (C=O) groups excluding carboxylic acids is 1. The molecule has 1 unspecified atom stereocenters. The standard InChI is InChI=1S/C9H18NO3/c1-6-8(11)13-9(2,12)7-10(3,4)5/h6,12H,1,7H2,2-5H3/q+1. The Labute approximate surface area is 79.0 Å². The van der Waals surface area contributed by atoms with Gasteiger partial charge in [0.2, 0.25) is 0 Å². The van der Waals surface area contributed by atoms with Crippen molar-refractivity contribution in [3.8, 4) is 0 Å². The van der Waals surface area contributed by atoms with Gasteiger partial charge >= 0.3 is 5.97 Å². The van der Waals surface area contributed by atoms with E-state index in [1.807, 2.05) is 21.1 Å². The molecule has 0 heterocycles. The van der Waals surface area contributed by atoms with Gasteiger partial charge in [-0.1, -0.05) is 6.58 Å². The van der Waals surface area contributed by atoms with Crippen LogP contribution in [0, 0.1) is 0 Å². The molecule has 0 saturated heterocycles. The third-order valence-electron chi connectivity index (χ3n) is 1.25. The van der Waals surface area contributed by atoms with Crippen LogP contribution in [0.1, 0.15) is 6.92 Å². The number of hydrogen-bond donors (Lipinski definition) is 1. The lowest BCUT2D eigenvalue weighted by molar-refractivity contribution is -0.880. The minimum absolute atomic E-state index is 0.326. The van der Waals surface area contributed by atoms with Crippen LogP contribution in [0.2, 0.25) is 0 Å². The molecule has 0 aliphatic heterocycles. The van der Waals surface area contributed by atoms with Crippen molar-refractivity contribution in [1.82, 2.24) is 0 Å². The molecule has 0 aliphatic rings. The van der Waals surface area contributed by atoms with E-state index < -0.39 is 11.8 Å². The lowest BCUT2D eigenvalue weighted by Crippen LogP contribution is -2.49. The molecule has 0 aromatic rings. The summed E-state index contributed by atoms with van der Waals surface area (Å²) in [6, 6.07) is 0. The fourth-order valence-electron chi connectivity index (χ4n) is 1.17. The zero-order chi connectivity index (χ0) is 10.7. The van der Waals surface area contributed by atoms with Crippen LogP contribution in [0.15, 0.2) is 12.7 Å². The van der Waals surface area contributed by atoms with E-state index in [2.05, 4.69) is 6.58 Å². The molecule has 0 rings (SSSR count). The fourth-order valence-corrected chi connectivity index (χ4v) is 1.17. The Bertz CT molecular complexity index is 203. The number of nitrogens with zero attached hydrogens (tertiary/aromatic N) is 1. The van der Waals surface area contributed by atoms with Crippen LogP contribution in [0.3, 0.4) is 0 Å². The molecule has 0 radical (unpaired) electrons. The largest absolute Gasteiger partial charge is 0.424 e. The second-order valence-corrected chi connectivity index (χ2v) is 4.25. The Balaban J connectivity index is 4.24. The lowest BCUT2D eigenvalue weighted by Gasteiger charge is -2.32. The van der Waals surface area contributed by atoms with E-state index in [0.717, 1.165) is 6.08 Å². The Morgan fingerprint density at radius 1 is 1.62 bits per heavy atom. The molecule has 13 heavy (non-hydrogen) atoms. The summed E-state index contributed by atoms with van der Waals surface area (Å²) in [5.74, 6) is -2.05. The van der Waals surface area contributed by atoms with Gasteiger partial charge in [-0.2, -0.15) is 0 Å². The van der Waals surface area contributed by atoms with Crippen LogP contribution in [0.4, 0.5) is 0 Å². The first kappa shape index (κ1) is 12.1. The second-order valence-electron chi connectivity index (χ2n) is 4.25. The van der Waals surface area contributed by atoms with Crippen LogP contribution in [-0.4, -0.2) is 49.0 Å². The van der Waals surface area contributed by atoms with Crippen molar-refractivity contribution >= 4 is 5.97 Å². The summed E-state index contributed by atoms with van der Waals surface area (Å²) < 4.78 is 5.26. The summed E-state index contributed by atoms with van der Waals surface area (Å²) in [6.07, 6.45) is 1.03. The Morgan fingerprint density at radius 3 is 2.38 bits per heavy atom. The molecule has 0 aromatic carbocycles. The predicted octanol–water partition coefficient (Wildman–Crippen LogP) is 0.130. The molecule has 0 bridgehead atoms. The predicted molar refractivity (Wildman–Crippen MR) is 49.8 cm³/mol. The number of aliphatic hydroxyl groups is 1. The third-order valence-corrected chi connectivity index (χ3v) is 1.25. The molecular formula is C9H18NO3+. The summed E-state index contributed by atoms with van der Waals surface area (Å²) in [4.78, 5) is 10.8. The van der Waals surface area contributed by atoms with Crippen LogP contribution < -0.4 is 0 Å². The molecule has 0 saturated carbocycles. The molecule has 76 valence electrons. The van der Waals surface area contributed by atoms with Gasteiger partial charge in [0.25, 0.3) is 5.79 Å². The summed E-state index contributed by atoms with van der Waals surface area (Å²) >= 11 is 0. The number of quaternary nitrogens is 1. The number of esters is 1. The summed E-state index contributed by atoms with van der Waals surface area (Å²) in [6.45, 7) is 5.03. The molecular weight excluding hydrogens is 170 g/mol. The van der Waals surface area contributed by atoms with Crippen molar-refractivity contribution in [3.05, 3.63) is 12.7 Å². The zero-order valence-corrected chi connectivity index (χ0v) is 8.70. The van der Waals surface area contributed by atoms with Gasteiger partial charge in [-0.05, 0) is 0 Å². The normalized spacial score (nSPS) is 16.1. The Hall–Kier alpha value is -0.870. The van der Waals surface area contributed by atoms with Crippen LogP contribution in [-0.2, 0) is 9.53 Å². The van der Waals surface area contributed by atoms with E-state index in [1.54, 1.807) is 0 Å². The van der Waals surface area contributed by atoms with Gasteiger partial charge in [-0.3, -0.25) is 0 Å². The minimum atomic E-state index is -1.44. The van der Waals surface area contributed by atoms with Crippen molar-refractivity contribution < 1.29 is 19.1 Å². The third kappa shape index (κ3) is 6.31. The van der Waals surface area contributed by atoms with Gasteiger partial charge in [0.05, 0.1) is 21.1 Å². The number of rotatable bonds is 4. The zero-order valence-electron chi connectivity index (χ0n) is 8.70. The summed E-state index contributed by atoms with van der Waals surface area (Å²) in [5, 5.41) is 9.65. The highest BCUT2D eigenvalue weighted by Crippen LogP contribution is 2.10. The molecule has 1 atom stereocenters. The van der Waals surface area contributed by atoms with Crippen molar-refractivity contribution in [3.63, 3.8) is 0 Å². The highest BCUT2D eigenvalue weighted by molar-refractivity contribution is 5.81. The number of likely N-dealkylation sites (N-methyl/N-ethyl adjacent to an activating group) is 1. The molecule has 0 spiro atoms. The maximum absolute atomic E-state index is 10.8. The van der Waals surface area contributed by atoms with E-state index in [-0.39, 0.29) is 0 Å². The Kier molecular flexibility index (Phi) is 3.63. The van der Waals surface area contributed by atoms with Crippen LogP contribution >= 0.6 is 0 Å². The van der Waals surface area contributed by atoms with E-state index in [0.29, 0.717) is 11.0 Å². The first-order valence-corrected chi connectivity index (χ1v) is 4.04. The van der Waals surface area contributed by atoms with E-state index >= 15 is 0 Å². The smallest absolute Gasteiger partial charge is 0.332 e. The van der Waals surface area contributed by atoms with Crippen molar-refractivity contribution in [2.45, 2.75) is 12.7 Å². The van der Waals surface area contributed by atoms with Crippen LogP contribution in [0.25, 0.3) is 0 Å². The van der Waals surface area contributed by atoms with E-state index in [4.69, 9.17) is 4.74 Å².